The van der Waals surface area contributed by atoms with E-state index in [0.717, 1.165) is 5.56 Å². The summed E-state index contributed by atoms with van der Waals surface area (Å²) in [6.45, 7) is 3.65. The third-order valence-corrected chi connectivity index (χ3v) is 3.91. The molecule has 1 aromatic rings. The van der Waals surface area contributed by atoms with Crippen molar-refractivity contribution < 1.29 is 19.1 Å². The molecule has 0 unspecified atom stereocenters. The Labute approximate surface area is 160 Å². The van der Waals surface area contributed by atoms with Gasteiger partial charge in [0.1, 0.15) is 18.7 Å². The summed E-state index contributed by atoms with van der Waals surface area (Å²) in [6, 6.07) is 7.50. The maximum atomic E-state index is 12.5. The number of terminal acetylenes is 1. The lowest BCUT2D eigenvalue weighted by molar-refractivity contribution is -0.129. The Morgan fingerprint density at radius 1 is 1.19 bits per heavy atom. The summed E-state index contributed by atoms with van der Waals surface area (Å²) in [4.78, 5) is 36.1. The Hall–Kier alpha value is -3.01. The van der Waals surface area contributed by atoms with Crippen molar-refractivity contribution in [1.82, 2.24) is 10.6 Å². The van der Waals surface area contributed by atoms with Crippen LogP contribution in [0, 0.1) is 18.3 Å². The molecule has 7 nitrogen and oxygen atoms in total. The first-order valence-corrected chi connectivity index (χ1v) is 8.85. The van der Waals surface area contributed by atoms with Crippen molar-refractivity contribution in [3.8, 4) is 12.3 Å². The Balaban J connectivity index is 2.61. The summed E-state index contributed by atoms with van der Waals surface area (Å²) in [5.41, 5.74) is 6.17. The summed E-state index contributed by atoms with van der Waals surface area (Å²) in [7, 11) is 0. The zero-order chi connectivity index (χ0) is 20.2. The molecule has 0 saturated heterocycles. The van der Waals surface area contributed by atoms with Gasteiger partial charge in [-0.25, -0.2) is 4.79 Å². The van der Waals surface area contributed by atoms with Gasteiger partial charge < -0.3 is 21.1 Å². The van der Waals surface area contributed by atoms with E-state index in [-0.39, 0.29) is 12.5 Å². The molecule has 1 aromatic carbocycles. The molecule has 0 spiro atoms. The normalized spacial score (nSPS) is 12.5. The molecule has 0 saturated carbocycles. The van der Waals surface area contributed by atoms with E-state index < -0.39 is 30.0 Å². The van der Waals surface area contributed by atoms with E-state index in [1.54, 1.807) is 13.8 Å². The van der Waals surface area contributed by atoms with E-state index in [9.17, 15) is 14.4 Å². The molecule has 146 valence electrons. The minimum atomic E-state index is -0.859. The number of unbranched alkanes of at least 4 members (excludes halogenated alkanes) is 1. The van der Waals surface area contributed by atoms with Crippen LogP contribution < -0.4 is 16.4 Å². The van der Waals surface area contributed by atoms with Crippen LogP contribution in [-0.4, -0.2) is 30.0 Å². The predicted octanol–water partition coefficient (Wildman–Crippen LogP) is 1.71. The van der Waals surface area contributed by atoms with Crippen molar-refractivity contribution in [1.29, 1.82) is 0 Å². The molecule has 0 radical (unpaired) electrons. The number of hydrogen-bond acceptors (Lipinski definition) is 4. The third-order valence-electron chi connectivity index (χ3n) is 3.91. The number of hydrogen-bond donors (Lipinski definition) is 3. The van der Waals surface area contributed by atoms with Crippen LogP contribution in [0.15, 0.2) is 30.3 Å². The Kier molecular flexibility index (Phi) is 9.45. The molecule has 7 heteroatoms. The van der Waals surface area contributed by atoms with Gasteiger partial charge in [0.05, 0.1) is 0 Å². The van der Waals surface area contributed by atoms with Crippen LogP contribution in [0.1, 0.15) is 38.7 Å². The Morgan fingerprint density at radius 2 is 1.85 bits per heavy atom. The van der Waals surface area contributed by atoms with Gasteiger partial charge in [0.25, 0.3) is 0 Å². The molecule has 0 bridgehead atoms. The van der Waals surface area contributed by atoms with Gasteiger partial charge in [-0.15, -0.1) is 12.3 Å². The number of ether oxygens (including phenoxy) is 1. The number of nitrogens with two attached hydrogens (primary N) is 1. The predicted molar refractivity (Wildman–Crippen MR) is 102 cm³/mol. The second-order valence-corrected chi connectivity index (χ2v) is 6.49. The smallest absolute Gasteiger partial charge is 0.408 e. The van der Waals surface area contributed by atoms with Crippen molar-refractivity contribution in [2.75, 3.05) is 0 Å². The van der Waals surface area contributed by atoms with E-state index in [1.807, 2.05) is 30.3 Å². The van der Waals surface area contributed by atoms with Gasteiger partial charge >= 0.3 is 6.09 Å². The Bertz CT molecular complexity index is 668. The van der Waals surface area contributed by atoms with E-state index in [2.05, 4.69) is 16.6 Å². The standard InChI is InChI=1S/C20H27N3O4/c1-4-5-7-12-16(18(21)24)22-19(25)17(14(2)3)23-20(26)27-13-15-10-8-6-9-11-15/h1,6,8-11,14,16-17H,5,7,12-13H2,2-3H3,(H2,21,24)(H,22,25)(H,23,26)/t16-,17-/m1/s1. The van der Waals surface area contributed by atoms with Crippen LogP contribution in [0.4, 0.5) is 4.79 Å². The molecule has 0 aliphatic rings. The molecule has 4 N–H and O–H groups in total. The minimum absolute atomic E-state index is 0.0924. The fourth-order valence-corrected chi connectivity index (χ4v) is 2.38. The van der Waals surface area contributed by atoms with Crippen LogP contribution in [0.5, 0.6) is 0 Å². The van der Waals surface area contributed by atoms with Gasteiger partial charge in [0.2, 0.25) is 11.8 Å². The molecule has 2 atom stereocenters. The number of carbonyl (C=O) groups is 3. The highest BCUT2D eigenvalue weighted by Gasteiger charge is 2.28. The van der Waals surface area contributed by atoms with E-state index in [4.69, 9.17) is 16.9 Å². The number of primary amides is 1. The first-order valence-electron chi connectivity index (χ1n) is 8.85. The molecule has 27 heavy (non-hydrogen) atoms. The largest absolute Gasteiger partial charge is 0.445 e. The molecule has 0 aromatic heterocycles. The number of carbonyl (C=O) groups excluding carboxylic acids is 3. The molecular formula is C20H27N3O4. The van der Waals surface area contributed by atoms with Crippen molar-refractivity contribution in [2.45, 2.75) is 51.8 Å². The Morgan fingerprint density at radius 3 is 2.41 bits per heavy atom. The van der Waals surface area contributed by atoms with Crippen molar-refractivity contribution in [2.24, 2.45) is 11.7 Å². The molecule has 0 aliphatic heterocycles. The fourth-order valence-electron chi connectivity index (χ4n) is 2.38. The highest BCUT2D eigenvalue weighted by molar-refractivity contribution is 5.90. The highest BCUT2D eigenvalue weighted by atomic mass is 16.5. The van der Waals surface area contributed by atoms with Gasteiger partial charge in [-0.05, 0) is 24.3 Å². The summed E-state index contributed by atoms with van der Waals surface area (Å²) in [5, 5.41) is 5.12. The third kappa shape index (κ3) is 8.27. The quantitative estimate of drug-likeness (QED) is 0.428. The first-order chi connectivity index (χ1) is 12.8. The summed E-state index contributed by atoms with van der Waals surface area (Å²) < 4.78 is 5.15. The lowest BCUT2D eigenvalue weighted by Gasteiger charge is -2.24. The zero-order valence-electron chi connectivity index (χ0n) is 15.7. The number of rotatable bonds is 10. The van der Waals surface area contributed by atoms with E-state index in [0.29, 0.717) is 19.3 Å². The molecular weight excluding hydrogens is 346 g/mol. The first kappa shape index (κ1) is 22.0. The fraction of sp³-hybridized carbons (Fsp3) is 0.450. The molecule has 0 fully saturated rings. The van der Waals surface area contributed by atoms with Crippen LogP contribution in [0.25, 0.3) is 0 Å². The summed E-state index contributed by atoms with van der Waals surface area (Å²) >= 11 is 0. The van der Waals surface area contributed by atoms with Crippen molar-refractivity contribution >= 4 is 17.9 Å². The molecule has 0 aliphatic carbocycles. The molecule has 0 heterocycles. The zero-order valence-corrected chi connectivity index (χ0v) is 15.7. The van der Waals surface area contributed by atoms with Gasteiger partial charge in [0.15, 0.2) is 0 Å². The SMILES string of the molecule is C#CCCC[C@@H](NC(=O)[C@H](NC(=O)OCc1ccccc1)C(C)C)C(N)=O. The number of benzene rings is 1. The average Bonchev–Trinajstić information content (AvgIpc) is 2.64. The maximum absolute atomic E-state index is 12.5. The molecule has 1 rings (SSSR count). The summed E-state index contributed by atoms with van der Waals surface area (Å²) in [5.74, 6) is 1.12. The summed E-state index contributed by atoms with van der Waals surface area (Å²) in [6.07, 6.45) is 5.86. The van der Waals surface area contributed by atoms with Gasteiger partial charge in [-0.1, -0.05) is 44.2 Å². The van der Waals surface area contributed by atoms with Gasteiger partial charge in [-0.2, -0.15) is 0 Å². The minimum Gasteiger partial charge on any atom is -0.445 e. The highest BCUT2D eigenvalue weighted by Crippen LogP contribution is 2.07. The van der Waals surface area contributed by atoms with E-state index >= 15 is 0 Å². The second-order valence-electron chi connectivity index (χ2n) is 6.49. The van der Waals surface area contributed by atoms with Crippen molar-refractivity contribution in [3.05, 3.63) is 35.9 Å². The number of alkyl carbamates (subject to hydrolysis) is 1. The monoisotopic (exact) mass is 373 g/mol. The topological polar surface area (TPSA) is 111 Å². The van der Waals surface area contributed by atoms with Gasteiger partial charge in [-0.3, -0.25) is 9.59 Å². The van der Waals surface area contributed by atoms with E-state index in [1.165, 1.54) is 0 Å². The number of nitrogens with one attached hydrogen (secondary N) is 2. The van der Waals surface area contributed by atoms with Crippen molar-refractivity contribution in [3.63, 3.8) is 0 Å². The second kappa shape index (κ2) is 11.6. The lowest BCUT2D eigenvalue weighted by atomic mass is 10.0. The lowest BCUT2D eigenvalue weighted by Crippen LogP contribution is -2.54. The van der Waals surface area contributed by atoms with Crippen LogP contribution >= 0.6 is 0 Å². The van der Waals surface area contributed by atoms with Crippen LogP contribution in [0.3, 0.4) is 0 Å². The maximum Gasteiger partial charge on any atom is 0.408 e. The average molecular weight is 373 g/mol. The number of amides is 3. The van der Waals surface area contributed by atoms with Crippen LogP contribution in [-0.2, 0) is 20.9 Å². The van der Waals surface area contributed by atoms with Gasteiger partial charge in [0, 0.05) is 6.42 Å². The molecule has 3 amide bonds. The van der Waals surface area contributed by atoms with Crippen LogP contribution in [0.2, 0.25) is 0 Å².